The van der Waals surface area contributed by atoms with E-state index in [2.05, 4.69) is 47.9 Å². The van der Waals surface area contributed by atoms with Crippen molar-refractivity contribution in [3.63, 3.8) is 0 Å². The fourth-order valence-electron chi connectivity index (χ4n) is 4.86. The summed E-state index contributed by atoms with van der Waals surface area (Å²) in [4.78, 5) is 33.2. The topological polar surface area (TPSA) is 59.1 Å². The Balaban J connectivity index is 1.49. The first-order chi connectivity index (χ1) is 14.6. The van der Waals surface area contributed by atoms with Gasteiger partial charge in [-0.05, 0) is 35.2 Å². The van der Waals surface area contributed by atoms with Gasteiger partial charge in [-0.25, -0.2) is 5.06 Å². The molecule has 2 aromatic rings. The van der Waals surface area contributed by atoms with Crippen LogP contribution < -0.4 is 0 Å². The van der Waals surface area contributed by atoms with Gasteiger partial charge in [0.2, 0.25) is 5.91 Å². The first-order valence-corrected chi connectivity index (χ1v) is 10.4. The fraction of sp³-hybridized carbons (Fsp3) is 0.417. The van der Waals surface area contributed by atoms with Gasteiger partial charge in [-0.1, -0.05) is 42.5 Å². The number of likely N-dealkylation sites (tertiary alicyclic amines) is 1. The first-order valence-electron chi connectivity index (χ1n) is 10.4. The highest BCUT2D eigenvalue weighted by atomic mass is 16.7. The quantitative estimate of drug-likeness (QED) is 0.542. The van der Waals surface area contributed by atoms with Crippen molar-refractivity contribution >= 4 is 22.6 Å². The van der Waals surface area contributed by atoms with E-state index >= 15 is 0 Å². The van der Waals surface area contributed by atoms with Crippen molar-refractivity contribution in [2.45, 2.75) is 31.3 Å². The Bertz CT molecular complexity index is 949. The molecule has 2 heterocycles. The molecule has 2 fully saturated rings. The highest BCUT2D eigenvalue weighted by Crippen LogP contribution is 2.44. The van der Waals surface area contributed by atoms with E-state index in [0.717, 1.165) is 19.6 Å². The minimum atomic E-state index is -0.646. The molecule has 158 valence electrons. The maximum absolute atomic E-state index is 12.6. The summed E-state index contributed by atoms with van der Waals surface area (Å²) in [6, 6.07) is 14.9. The second-order valence-electron chi connectivity index (χ2n) is 8.11. The maximum atomic E-state index is 12.6. The summed E-state index contributed by atoms with van der Waals surface area (Å²) in [6.07, 6.45) is 3.09. The van der Waals surface area contributed by atoms with Crippen molar-refractivity contribution in [1.29, 1.82) is 0 Å². The molecule has 2 saturated heterocycles. The molecule has 0 aromatic heterocycles. The molecule has 1 amide bonds. The molecular formula is C24H28N2O4. The molecule has 2 aliphatic rings. The summed E-state index contributed by atoms with van der Waals surface area (Å²) in [5.41, 5.74) is 0.615. The van der Waals surface area contributed by atoms with Gasteiger partial charge in [0.25, 0.3) is 0 Å². The molecule has 30 heavy (non-hydrogen) atoms. The maximum Gasteiger partial charge on any atom is 0.311 e. The summed E-state index contributed by atoms with van der Waals surface area (Å²) in [5.74, 6) is -0.992. The lowest BCUT2D eigenvalue weighted by Crippen LogP contribution is -2.57. The van der Waals surface area contributed by atoms with Crippen LogP contribution in [0.1, 0.15) is 24.8 Å². The van der Waals surface area contributed by atoms with Crippen molar-refractivity contribution in [2.24, 2.45) is 5.92 Å². The number of carbonyl (C=O) groups excluding carboxylic acids is 2. The highest BCUT2D eigenvalue weighted by molar-refractivity contribution is 5.88. The third kappa shape index (κ3) is 3.73. The van der Waals surface area contributed by atoms with Gasteiger partial charge >= 0.3 is 5.97 Å². The molecule has 1 spiro atoms. The van der Waals surface area contributed by atoms with E-state index in [1.807, 2.05) is 6.07 Å². The molecule has 0 aliphatic carbocycles. The Morgan fingerprint density at radius 3 is 2.63 bits per heavy atom. The molecule has 2 aromatic carbocycles. The largest absolute Gasteiger partial charge is 0.469 e. The standard InChI is InChI=1S/C24H28N2O4/c1-3-14-30-26-22(27)16-21(23(28)29-2)24(26)10-12-25(13-11-24)17-18-8-9-19-6-4-5-7-20(19)15-18/h3-9,15,21H,1,10-14,16-17H2,2H3. The van der Waals surface area contributed by atoms with Crippen molar-refractivity contribution < 1.29 is 19.2 Å². The van der Waals surface area contributed by atoms with Gasteiger partial charge in [-0.15, -0.1) is 6.58 Å². The van der Waals surface area contributed by atoms with Crippen molar-refractivity contribution in [3.05, 3.63) is 60.7 Å². The monoisotopic (exact) mass is 408 g/mol. The first kappa shape index (κ1) is 20.6. The minimum Gasteiger partial charge on any atom is -0.469 e. The van der Waals surface area contributed by atoms with E-state index in [0.29, 0.717) is 12.8 Å². The van der Waals surface area contributed by atoms with Crippen LogP contribution in [-0.2, 0) is 25.7 Å². The van der Waals surface area contributed by atoms with Gasteiger partial charge in [0, 0.05) is 26.1 Å². The predicted octanol–water partition coefficient (Wildman–Crippen LogP) is 3.31. The second kappa shape index (κ2) is 8.58. The van der Waals surface area contributed by atoms with Crippen LogP contribution in [0, 0.1) is 5.92 Å². The molecular weight excluding hydrogens is 380 g/mol. The number of carbonyl (C=O) groups is 2. The number of methoxy groups -OCH3 is 1. The number of fused-ring (bicyclic) bond motifs is 1. The Morgan fingerprint density at radius 2 is 1.93 bits per heavy atom. The van der Waals surface area contributed by atoms with Crippen LogP contribution in [0.2, 0.25) is 0 Å². The van der Waals surface area contributed by atoms with E-state index in [4.69, 9.17) is 9.57 Å². The zero-order chi connectivity index (χ0) is 21.1. The van der Waals surface area contributed by atoms with Crippen molar-refractivity contribution in [2.75, 3.05) is 26.8 Å². The Labute approximate surface area is 177 Å². The average molecular weight is 408 g/mol. The lowest BCUT2D eigenvalue weighted by atomic mass is 9.77. The van der Waals surface area contributed by atoms with Gasteiger partial charge in [0.15, 0.2) is 0 Å². The number of benzene rings is 2. The normalized spacial score (nSPS) is 21.3. The summed E-state index contributed by atoms with van der Waals surface area (Å²) in [5, 5.41) is 3.92. The van der Waals surface area contributed by atoms with E-state index in [1.54, 1.807) is 6.08 Å². The van der Waals surface area contributed by atoms with Crippen LogP contribution in [0.3, 0.4) is 0 Å². The number of rotatable bonds is 6. The fourth-order valence-corrected chi connectivity index (χ4v) is 4.86. The number of amides is 1. The number of ether oxygens (including phenoxy) is 1. The second-order valence-corrected chi connectivity index (χ2v) is 8.11. The zero-order valence-electron chi connectivity index (χ0n) is 17.4. The molecule has 2 aliphatic heterocycles. The summed E-state index contributed by atoms with van der Waals surface area (Å²) in [7, 11) is 1.38. The van der Waals surface area contributed by atoms with Crippen LogP contribution in [0.5, 0.6) is 0 Å². The van der Waals surface area contributed by atoms with E-state index < -0.39 is 11.5 Å². The Morgan fingerprint density at radius 1 is 1.20 bits per heavy atom. The summed E-state index contributed by atoms with van der Waals surface area (Å²) >= 11 is 0. The Hall–Kier alpha value is -2.70. The minimum absolute atomic E-state index is 0.133. The third-order valence-electron chi connectivity index (χ3n) is 6.41. The number of hydrogen-bond acceptors (Lipinski definition) is 5. The van der Waals surface area contributed by atoms with Crippen molar-refractivity contribution in [1.82, 2.24) is 9.96 Å². The summed E-state index contributed by atoms with van der Waals surface area (Å²) < 4.78 is 5.02. The number of piperidine rings is 1. The SMILES string of the molecule is C=CCON1C(=O)CC(C(=O)OC)C12CCN(Cc1ccc3ccccc3c1)CC2. The van der Waals surface area contributed by atoms with Crippen LogP contribution in [0.15, 0.2) is 55.1 Å². The highest BCUT2D eigenvalue weighted by Gasteiger charge is 2.58. The van der Waals surface area contributed by atoms with Gasteiger partial charge in [-0.3, -0.25) is 19.3 Å². The van der Waals surface area contributed by atoms with Gasteiger partial charge in [-0.2, -0.15) is 0 Å². The molecule has 6 nitrogen and oxygen atoms in total. The van der Waals surface area contributed by atoms with Crippen LogP contribution >= 0.6 is 0 Å². The molecule has 0 saturated carbocycles. The molecule has 1 atom stereocenters. The molecule has 0 N–H and O–H groups in total. The average Bonchev–Trinajstić information content (AvgIpc) is 3.04. The van der Waals surface area contributed by atoms with Crippen molar-refractivity contribution in [3.8, 4) is 0 Å². The van der Waals surface area contributed by atoms with Gasteiger partial charge in [0.05, 0.1) is 25.2 Å². The molecule has 0 bridgehead atoms. The zero-order valence-corrected chi connectivity index (χ0v) is 17.4. The van der Waals surface area contributed by atoms with E-state index in [1.165, 1.54) is 28.5 Å². The van der Waals surface area contributed by atoms with E-state index in [-0.39, 0.29) is 24.9 Å². The van der Waals surface area contributed by atoms with Crippen LogP contribution in [0.25, 0.3) is 10.8 Å². The predicted molar refractivity (Wildman–Crippen MR) is 114 cm³/mol. The molecule has 0 radical (unpaired) electrons. The summed E-state index contributed by atoms with van der Waals surface area (Å²) in [6.45, 7) is 6.30. The lowest BCUT2D eigenvalue weighted by Gasteiger charge is -2.45. The third-order valence-corrected chi connectivity index (χ3v) is 6.41. The Kier molecular flexibility index (Phi) is 5.88. The van der Waals surface area contributed by atoms with Gasteiger partial charge in [0.1, 0.15) is 0 Å². The van der Waals surface area contributed by atoms with Crippen LogP contribution in [0.4, 0.5) is 0 Å². The smallest absolute Gasteiger partial charge is 0.311 e. The van der Waals surface area contributed by atoms with Gasteiger partial charge < -0.3 is 4.74 Å². The lowest BCUT2D eigenvalue weighted by molar-refractivity contribution is -0.218. The molecule has 6 heteroatoms. The molecule has 1 unspecified atom stereocenters. The number of nitrogens with zero attached hydrogens (tertiary/aromatic N) is 2. The van der Waals surface area contributed by atoms with Crippen LogP contribution in [-0.4, -0.2) is 54.2 Å². The number of esters is 1. The van der Waals surface area contributed by atoms with E-state index in [9.17, 15) is 9.59 Å². The number of hydrogen-bond donors (Lipinski definition) is 0. The number of hydroxylamine groups is 2. The molecule has 4 rings (SSSR count).